The van der Waals surface area contributed by atoms with E-state index in [0.717, 1.165) is 23.7 Å². The quantitative estimate of drug-likeness (QED) is 0.331. The Balaban J connectivity index is 1.88. The lowest BCUT2D eigenvalue weighted by atomic mass is 10.0. The van der Waals surface area contributed by atoms with Crippen LogP contribution in [-0.2, 0) is 11.2 Å². The highest BCUT2D eigenvalue weighted by molar-refractivity contribution is 5.88. The number of benzene rings is 2. The molecule has 0 aliphatic rings. The Morgan fingerprint density at radius 2 is 1.81 bits per heavy atom. The number of aromatic hydroxyl groups is 1. The molecule has 0 amide bonds. The summed E-state index contributed by atoms with van der Waals surface area (Å²) in [7, 11) is 1.69. The monoisotopic (exact) mass is 436 g/mol. The van der Waals surface area contributed by atoms with Gasteiger partial charge in [-0.3, -0.25) is 4.79 Å². The minimum Gasteiger partial charge on any atom is -0.508 e. The van der Waals surface area contributed by atoms with Crippen molar-refractivity contribution in [2.45, 2.75) is 51.9 Å². The first-order valence-electron chi connectivity index (χ1n) is 11.3. The van der Waals surface area contributed by atoms with Crippen LogP contribution in [0.2, 0.25) is 0 Å². The number of pyridine rings is 1. The van der Waals surface area contributed by atoms with Gasteiger partial charge in [-0.2, -0.15) is 0 Å². The maximum absolute atomic E-state index is 11.2. The largest absolute Gasteiger partial charge is 0.508 e. The molecule has 0 saturated heterocycles. The van der Waals surface area contributed by atoms with E-state index in [9.17, 15) is 9.90 Å². The minimum absolute atomic E-state index is 0.118. The van der Waals surface area contributed by atoms with Crippen LogP contribution in [0.3, 0.4) is 0 Å². The number of unbranched alkanes of at least 4 members (excludes halogenated alkanes) is 5. The van der Waals surface area contributed by atoms with Gasteiger partial charge in [-0.25, -0.2) is 4.98 Å². The van der Waals surface area contributed by atoms with E-state index in [2.05, 4.69) is 24.0 Å². The second-order valence-electron chi connectivity index (χ2n) is 8.20. The van der Waals surface area contributed by atoms with Crippen LogP contribution in [-0.4, -0.2) is 34.8 Å². The standard InChI is InChI=1S/C26H32N2O4/c1-3-4-5-6-7-8-10-19-13-14-23-22(15-19)24(32-21-12-9-11-20(29)16-21)17-25(27-23)28(2)18-26(30)31/h9,11-17,29H,3-8,10,18H2,1-2H3,(H,30,31). The molecule has 0 atom stereocenters. The Bertz CT molecular complexity index is 1050. The average Bonchev–Trinajstić information content (AvgIpc) is 2.75. The number of carbonyl (C=O) groups is 1. The number of carboxylic acid groups (broad SMARTS) is 1. The molecule has 0 spiro atoms. The fraction of sp³-hybridized carbons (Fsp3) is 0.385. The van der Waals surface area contributed by atoms with Crippen molar-refractivity contribution in [3.8, 4) is 17.2 Å². The summed E-state index contributed by atoms with van der Waals surface area (Å²) < 4.78 is 6.12. The molecule has 0 saturated carbocycles. The van der Waals surface area contributed by atoms with E-state index in [0.29, 0.717) is 17.3 Å². The molecule has 0 unspecified atom stereocenters. The number of hydrogen-bond acceptors (Lipinski definition) is 5. The molecule has 2 N–H and O–H groups in total. The zero-order valence-electron chi connectivity index (χ0n) is 18.9. The molecule has 0 radical (unpaired) electrons. The van der Waals surface area contributed by atoms with Crippen LogP contribution in [0.1, 0.15) is 51.0 Å². The van der Waals surface area contributed by atoms with Crippen molar-refractivity contribution in [2.24, 2.45) is 0 Å². The summed E-state index contributed by atoms with van der Waals surface area (Å²) in [5, 5.41) is 19.8. The Morgan fingerprint density at radius 3 is 2.56 bits per heavy atom. The number of anilines is 1. The molecule has 0 bridgehead atoms. The first kappa shape index (κ1) is 23.4. The zero-order chi connectivity index (χ0) is 22.9. The van der Waals surface area contributed by atoms with Crippen molar-refractivity contribution in [1.82, 2.24) is 4.98 Å². The second kappa shape index (κ2) is 11.4. The van der Waals surface area contributed by atoms with Crippen LogP contribution in [0.4, 0.5) is 5.82 Å². The van der Waals surface area contributed by atoms with E-state index in [-0.39, 0.29) is 12.3 Å². The number of nitrogens with zero attached hydrogens (tertiary/aromatic N) is 2. The third kappa shape index (κ3) is 6.61. The summed E-state index contributed by atoms with van der Waals surface area (Å²) in [6.45, 7) is 2.06. The number of ether oxygens (including phenoxy) is 1. The van der Waals surface area contributed by atoms with Gasteiger partial charge in [0.05, 0.1) is 5.52 Å². The molecular formula is C26H32N2O4. The number of phenols is 1. The lowest BCUT2D eigenvalue weighted by molar-refractivity contribution is -0.135. The molecule has 170 valence electrons. The predicted octanol–water partition coefficient (Wildman–Crippen LogP) is 6.16. The molecular weight excluding hydrogens is 404 g/mol. The van der Waals surface area contributed by atoms with E-state index in [1.54, 1.807) is 42.3 Å². The van der Waals surface area contributed by atoms with Crippen molar-refractivity contribution < 1.29 is 19.7 Å². The number of likely N-dealkylation sites (N-methyl/N-ethyl adjacent to an activating group) is 1. The van der Waals surface area contributed by atoms with E-state index < -0.39 is 5.97 Å². The Labute approximate surface area is 189 Å². The van der Waals surface area contributed by atoms with Crippen LogP contribution in [0.5, 0.6) is 17.2 Å². The number of aliphatic carboxylic acids is 1. The smallest absolute Gasteiger partial charge is 0.323 e. The molecule has 3 rings (SSSR count). The van der Waals surface area contributed by atoms with Gasteiger partial charge < -0.3 is 19.8 Å². The van der Waals surface area contributed by atoms with E-state index in [1.807, 2.05) is 6.07 Å². The number of phenolic OH excluding ortho intramolecular Hbond substituents is 1. The van der Waals surface area contributed by atoms with Gasteiger partial charge in [0, 0.05) is 24.6 Å². The topological polar surface area (TPSA) is 82.9 Å². The normalized spacial score (nSPS) is 10.9. The predicted molar refractivity (Wildman–Crippen MR) is 128 cm³/mol. The van der Waals surface area contributed by atoms with Crippen molar-refractivity contribution >= 4 is 22.7 Å². The zero-order valence-corrected chi connectivity index (χ0v) is 18.9. The molecule has 1 heterocycles. The molecule has 2 aromatic carbocycles. The highest BCUT2D eigenvalue weighted by Crippen LogP contribution is 2.34. The van der Waals surface area contributed by atoms with Crippen molar-refractivity contribution in [3.05, 3.63) is 54.1 Å². The van der Waals surface area contributed by atoms with Crippen molar-refractivity contribution in [3.63, 3.8) is 0 Å². The van der Waals surface area contributed by atoms with Gasteiger partial charge in [0.15, 0.2) is 0 Å². The van der Waals surface area contributed by atoms with Gasteiger partial charge in [-0.1, -0.05) is 51.2 Å². The molecule has 1 aromatic heterocycles. The molecule has 0 aliphatic carbocycles. The molecule has 32 heavy (non-hydrogen) atoms. The van der Waals surface area contributed by atoms with Gasteiger partial charge in [0.1, 0.15) is 29.6 Å². The first-order chi connectivity index (χ1) is 15.5. The number of rotatable bonds is 12. The van der Waals surface area contributed by atoms with Gasteiger partial charge in [0.2, 0.25) is 0 Å². The molecule has 6 nitrogen and oxygen atoms in total. The molecule has 0 aliphatic heterocycles. The lowest BCUT2D eigenvalue weighted by Gasteiger charge is -2.18. The van der Waals surface area contributed by atoms with Gasteiger partial charge in [0.25, 0.3) is 0 Å². The van der Waals surface area contributed by atoms with E-state index in [4.69, 9.17) is 9.84 Å². The minimum atomic E-state index is -0.931. The fourth-order valence-corrected chi connectivity index (χ4v) is 3.73. The van der Waals surface area contributed by atoms with Crippen LogP contribution in [0, 0.1) is 0 Å². The third-order valence-electron chi connectivity index (χ3n) is 5.45. The Morgan fingerprint density at radius 1 is 1.03 bits per heavy atom. The summed E-state index contributed by atoms with van der Waals surface area (Å²) in [5.74, 6) is 0.786. The van der Waals surface area contributed by atoms with Crippen molar-refractivity contribution in [1.29, 1.82) is 0 Å². The van der Waals surface area contributed by atoms with Gasteiger partial charge in [-0.05, 0) is 42.7 Å². The maximum Gasteiger partial charge on any atom is 0.323 e. The second-order valence-corrected chi connectivity index (χ2v) is 8.20. The van der Waals surface area contributed by atoms with Crippen molar-refractivity contribution in [2.75, 3.05) is 18.5 Å². The van der Waals surface area contributed by atoms with Gasteiger partial charge in [-0.15, -0.1) is 0 Å². The molecule has 3 aromatic rings. The van der Waals surface area contributed by atoms with Crippen LogP contribution < -0.4 is 9.64 Å². The van der Waals surface area contributed by atoms with Crippen LogP contribution in [0.15, 0.2) is 48.5 Å². The summed E-state index contributed by atoms with van der Waals surface area (Å²) in [4.78, 5) is 17.4. The van der Waals surface area contributed by atoms with E-state index in [1.165, 1.54) is 37.7 Å². The number of hydrogen-bond donors (Lipinski definition) is 2. The summed E-state index contributed by atoms with van der Waals surface area (Å²) in [6.07, 6.45) is 8.49. The maximum atomic E-state index is 11.2. The molecule has 6 heteroatoms. The highest BCUT2D eigenvalue weighted by Gasteiger charge is 2.14. The number of aryl methyl sites for hydroxylation is 1. The van der Waals surface area contributed by atoms with Crippen LogP contribution >= 0.6 is 0 Å². The first-order valence-corrected chi connectivity index (χ1v) is 11.3. The number of fused-ring (bicyclic) bond motifs is 1. The Kier molecular flexibility index (Phi) is 8.31. The highest BCUT2D eigenvalue weighted by atomic mass is 16.5. The SMILES string of the molecule is CCCCCCCCc1ccc2nc(N(C)CC(=O)O)cc(Oc3cccc(O)c3)c2c1. The summed E-state index contributed by atoms with van der Waals surface area (Å²) in [5.41, 5.74) is 1.96. The summed E-state index contributed by atoms with van der Waals surface area (Å²) in [6, 6.07) is 14.5. The third-order valence-corrected chi connectivity index (χ3v) is 5.45. The Hall–Kier alpha value is -3.28. The number of carboxylic acids is 1. The number of aromatic nitrogens is 1. The summed E-state index contributed by atoms with van der Waals surface area (Å²) >= 11 is 0. The fourth-order valence-electron chi connectivity index (χ4n) is 3.73. The lowest BCUT2D eigenvalue weighted by Crippen LogP contribution is -2.25. The van der Waals surface area contributed by atoms with E-state index >= 15 is 0 Å². The van der Waals surface area contributed by atoms with Gasteiger partial charge >= 0.3 is 5.97 Å². The average molecular weight is 437 g/mol. The van der Waals surface area contributed by atoms with Crippen LogP contribution in [0.25, 0.3) is 10.9 Å². The molecule has 0 fully saturated rings.